The summed E-state index contributed by atoms with van der Waals surface area (Å²) in [5, 5.41) is 0. The molecule has 0 N–H and O–H groups in total. The molecule has 1 nitrogen and oxygen atoms in total. The van der Waals surface area contributed by atoms with E-state index in [1.165, 1.54) is 0 Å². The zero-order chi connectivity index (χ0) is 2.71. The maximum atomic E-state index is 8.77. The van der Waals surface area contributed by atoms with E-state index in [4.69, 9.17) is 4.79 Å². The fourth-order valence-electron chi connectivity index (χ4n) is 0. The Kier molecular flexibility index (Phi) is 19.9. The van der Waals surface area contributed by atoms with Crippen LogP contribution in [-0.2, 0) is 4.79 Å². The Balaban J connectivity index is 0. The van der Waals surface area contributed by atoms with E-state index < -0.39 is 0 Å². The van der Waals surface area contributed by atoms with Gasteiger partial charge in [0, 0.05) is 0 Å². The van der Waals surface area contributed by atoms with Gasteiger partial charge < -0.3 is 0 Å². The minimum atomic E-state index is 0. The molecule has 0 heterocycles. The van der Waals surface area contributed by atoms with Crippen molar-refractivity contribution in [2.45, 2.75) is 0 Å². The molecule has 1 atom stereocenters. The number of carbonyl (C=O) groups is 1. The first-order chi connectivity index (χ1) is 1.41. The van der Waals surface area contributed by atoms with Crippen molar-refractivity contribution in [1.29, 1.82) is 0 Å². The first-order valence-electron chi connectivity index (χ1n) is 0.569. The summed E-state index contributed by atoms with van der Waals surface area (Å²) in [6, 6.07) is 0.667. The maximum absolute atomic E-state index is 8.77. The van der Waals surface area contributed by atoms with Crippen molar-refractivity contribution in [2.24, 2.45) is 0 Å². The van der Waals surface area contributed by atoms with Gasteiger partial charge >= 0.3 is 37.7 Å². The van der Waals surface area contributed by atoms with E-state index in [0.717, 1.165) is 0 Å². The van der Waals surface area contributed by atoms with E-state index in [2.05, 4.69) is 0 Å². The van der Waals surface area contributed by atoms with Crippen molar-refractivity contribution in [3.63, 3.8) is 0 Å². The van der Waals surface area contributed by atoms with Crippen LogP contribution in [0.1, 0.15) is 0 Å². The van der Waals surface area contributed by atoms with Gasteiger partial charge in [-0.25, -0.2) is 0 Å². The predicted molar refractivity (Wildman–Crippen MR) is 25.0 cm³/mol. The van der Waals surface area contributed by atoms with Crippen LogP contribution in [0.5, 0.6) is 0 Å². The molecule has 0 bridgehead atoms. The third kappa shape index (κ3) is 10.1. The summed E-state index contributed by atoms with van der Waals surface area (Å²) in [6.45, 7) is 0. The van der Waals surface area contributed by atoms with Crippen LogP contribution >= 0.6 is 9.24 Å². The quantitative estimate of drug-likeness (QED) is 0.222. The van der Waals surface area contributed by atoms with Gasteiger partial charge in [-0.2, -0.15) is 0 Å². The van der Waals surface area contributed by atoms with Gasteiger partial charge in [0.1, 0.15) is 6.03 Å². The summed E-state index contributed by atoms with van der Waals surface area (Å²) in [6.07, 6.45) is 0. The van der Waals surface area contributed by atoms with Gasteiger partial charge in [0.2, 0.25) is 0 Å². The standard InChI is InChI=1S/CH3OP.Ca.2H/c2-1-3;;;/h1H,3H2;;;. The molecular weight excluding hydrogens is 99.1 g/mol. The average molecular weight is 104 g/mol. The van der Waals surface area contributed by atoms with E-state index in [1.807, 2.05) is 9.24 Å². The molecule has 0 rings (SSSR count). The second-order valence-electron chi connectivity index (χ2n) is 0.136. The van der Waals surface area contributed by atoms with E-state index in [0.29, 0.717) is 6.03 Å². The summed E-state index contributed by atoms with van der Waals surface area (Å²) >= 11 is 0. The van der Waals surface area contributed by atoms with Crippen molar-refractivity contribution in [1.82, 2.24) is 0 Å². The van der Waals surface area contributed by atoms with Crippen molar-refractivity contribution in [3.8, 4) is 0 Å². The molecule has 0 aliphatic heterocycles. The fourth-order valence-corrected chi connectivity index (χ4v) is 0. The Bertz CT molecular complexity index is 15.5. The Morgan fingerprint density at radius 1 is 1.75 bits per heavy atom. The Morgan fingerprint density at radius 2 is 1.75 bits per heavy atom. The van der Waals surface area contributed by atoms with E-state index >= 15 is 0 Å². The summed E-state index contributed by atoms with van der Waals surface area (Å²) in [5.41, 5.74) is 0. The first-order valence-corrected chi connectivity index (χ1v) is 1.24. The first kappa shape index (κ1) is 9.03. The van der Waals surface area contributed by atoms with Gasteiger partial charge in [-0.1, -0.05) is 9.24 Å². The van der Waals surface area contributed by atoms with Gasteiger partial charge in [-0.15, -0.1) is 0 Å². The molecule has 0 saturated carbocycles. The van der Waals surface area contributed by atoms with Crippen LogP contribution in [0.15, 0.2) is 0 Å². The van der Waals surface area contributed by atoms with Gasteiger partial charge in [0.15, 0.2) is 0 Å². The zero-order valence-electron chi connectivity index (χ0n) is 1.56. The molecule has 0 saturated heterocycles. The number of carbonyl (C=O) groups excluding carboxylic acids is 1. The molecule has 0 aromatic heterocycles. The second-order valence-corrected chi connectivity index (χ2v) is 0.408. The van der Waals surface area contributed by atoms with Crippen LogP contribution in [0.3, 0.4) is 0 Å². The number of hydrogen-bond acceptors (Lipinski definition) is 1. The van der Waals surface area contributed by atoms with Crippen LogP contribution in [0.2, 0.25) is 0 Å². The predicted octanol–water partition coefficient (Wildman–Crippen LogP) is -0.865. The molecule has 1 unspecified atom stereocenters. The topological polar surface area (TPSA) is 17.1 Å². The third-order valence-corrected chi connectivity index (χ3v) is 0. The van der Waals surface area contributed by atoms with Crippen LogP contribution < -0.4 is 0 Å². The Morgan fingerprint density at radius 3 is 1.75 bits per heavy atom. The molecule has 0 aliphatic carbocycles. The van der Waals surface area contributed by atoms with Crippen LogP contribution in [0.25, 0.3) is 0 Å². The van der Waals surface area contributed by atoms with Crippen LogP contribution in [-0.4, -0.2) is 43.8 Å². The molecule has 0 aromatic carbocycles. The SMILES string of the molecule is O=CP.[CaH2]. The van der Waals surface area contributed by atoms with E-state index in [-0.39, 0.29) is 37.7 Å². The normalized spacial score (nSPS) is 3.25. The molecule has 0 aliphatic rings. The second kappa shape index (κ2) is 8.84. The summed E-state index contributed by atoms with van der Waals surface area (Å²) in [4.78, 5) is 8.77. The zero-order valence-corrected chi connectivity index (χ0v) is 2.72. The molecule has 0 radical (unpaired) electrons. The number of hydrogen-bond donors (Lipinski definition) is 0. The van der Waals surface area contributed by atoms with Gasteiger partial charge in [-0.05, 0) is 0 Å². The Hall–Kier alpha value is 1.36. The van der Waals surface area contributed by atoms with Crippen molar-refractivity contribution in [3.05, 3.63) is 0 Å². The molecule has 4 heavy (non-hydrogen) atoms. The van der Waals surface area contributed by atoms with E-state index in [1.54, 1.807) is 0 Å². The van der Waals surface area contributed by atoms with Crippen molar-refractivity contribution in [2.75, 3.05) is 0 Å². The monoisotopic (exact) mass is 104 g/mol. The van der Waals surface area contributed by atoms with Gasteiger partial charge in [0.25, 0.3) is 0 Å². The summed E-state index contributed by atoms with van der Waals surface area (Å²) in [7, 11) is 1.90. The summed E-state index contributed by atoms with van der Waals surface area (Å²) < 4.78 is 0. The van der Waals surface area contributed by atoms with Crippen molar-refractivity contribution < 1.29 is 4.79 Å². The average Bonchev–Trinajstić information content (AvgIpc) is 0.918. The molecule has 0 aromatic rings. The molecule has 0 spiro atoms. The van der Waals surface area contributed by atoms with Crippen LogP contribution in [0, 0.1) is 0 Å². The Labute approximate surface area is 57.3 Å². The molecule has 22 valence electrons. The van der Waals surface area contributed by atoms with E-state index in [9.17, 15) is 0 Å². The molecule has 0 fully saturated rings. The third-order valence-electron chi connectivity index (χ3n) is 0. The van der Waals surface area contributed by atoms with Gasteiger partial charge in [-0.3, -0.25) is 4.79 Å². The van der Waals surface area contributed by atoms with Crippen molar-refractivity contribution >= 4 is 53.0 Å². The van der Waals surface area contributed by atoms with Crippen LogP contribution in [0.4, 0.5) is 0 Å². The van der Waals surface area contributed by atoms with Gasteiger partial charge in [0.05, 0.1) is 0 Å². The molecule has 3 heteroatoms. The minimum absolute atomic E-state index is 0. The molecule has 0 amide bonds. The fraction of sp³-hybridized carbons (Fsp3) is 0. The summed E-state index contributed by atoms with van der Waals surface area (Å²) in [5.74, 6) is 0. The number of rotatable bonds is 0. The molecular formula is CH5CaOP.